The minimum absolute atomic E-state index is 0.899. The lowest BCUT2D eigenvalue weighted by Crippen LogP contribution is -1.82. The van der Waals surface area contributed by atoms with Crippen LogP contribution in [0, 0.1) is 3.57 Å². The Hall–Kier alpha value is -0.710. The van der Waals surface area contributed by atoms with Crippen molar-refractivity contribution in [2.45, 2.75) is 0 Å². The van der Waals surface area contributed by atoms with Gasteiger partial charge in [0.15, 0.2) is 0 Å². The predicted molar refractivity (Wildman–Crippen MR) is 57.6 cm³/mol. The topological polar surface area (TPSA) is 25.0 Å². The van der Waals surface area contributed by atoms with Gasteiger partial charge >= 0.3 is 0 Å². The van der Waals surface area contributed by atoms with E-state index in [2.05, 4.69) is 33.6 Å². The van der Waals surface area contributed by atoms with Gasteiger partial charge in [-0.15, -0.1) is 0 Å². The second kappa shape index (κ2) is 2.97. The predicted octanol–water partition coefficient (Wildman–Crippen LogP) is 2.78. The molecule has 2 rings (SSSR count). The zero-order valence-corrected chi connectivity index (χ0v) is 8.75. The third-order valence-corrected chi connectivity index (χ3v) is 2.74. The summed E-state index contributed by atoms with van der Waals surface area (Å²) in [6.45, 7) is 0. The lowest BCUT2D eigenvalue weighted by atomic mass is 10.2. The SMILES string of the molecule is COc1cccc2c(I)c[nH]c12. The summed E-state index contributed by atoms with van der Waals surface area (Å²) in [5.41, 5.74) is 1.07. The van der Waals surface area contributed by atoms with Crippen LogP contribution in [0.2, 0.25) is 0 Å². The quantitative estimate of drug-likeness (QED) is 0.794. The molecule has 0 aliphatic rings. The number of para-hydroxylation sites is 1. The van der Waals surface area contributed by atoms with Gasteiger partial charge in [0.2, 0.25) is 0 Å². The number of rotatable bonds is 1. The van der Waals surface area contributed by atoms with Crippen molar-refractivity contribution >= 4 is 33.5 Å². The number of benzene rings is 1. The van der Waals surface area contributed by atoms with Crippen LogP contribution < -0.4 is 4.74 Å². The standard InChI is InChI=1S/C9H8INO/c1-12-8-4-2-3-6-7(10)5-11-9(6)8/h2-5,11H,1H3. The van der Waals surface area contributed by atoms with Crippen molar-refractivity contribution < 1.29 is 4.74 Å². The van der Waals surface area contributed by atoms with Gasteiger partial charge in [0.25, 0.3) is 0 Å². The van der Waals surface area contributed by atoms with E-state index in [-0.39, 0.29) is 0 Å². The fourth-order valence-electron chi connectivity index (χ4n) is 1.26. The molecular weight excluding hydrogens is 265 g/mol. The smallest absolute Gasteiger partial charge is 0.142 e. The molecule has 0 fully saturated rings. The molecule has 1 aromatic heterocycles. The van der Waals surface area contributed by atoms with Gasteiger partial charge in [-0.1, -0.05) is 12.1 Å². The summed E-state index contributed by atoms with van der Waals surface area (Å²) in [7, 11) is 1.68. The lowest BCUT2D eigenvalue weighted by molar-refractivity contribution is 0.419. The molecule has 2 aromatic rings. The number of hydrogen-bond acceptors (Lipinski definition) is 1. The van der Waals surface area contributed by atoms with Crippen molar-refractivity contribution in [2.75, 3.05) is 7.11 Å². The second-order valence-electron chi connectivity index (χ2n) is 2.52. The molecule has 62 valence electrons. The summed E-state index contributed by atoms with van der Waals surface area (Å²) in [5.74, 6) is 0.899. The third kappa shape index (κ3) is 1.08. The Bertz CT molecular complexity index is 408. The summed E-state index contributed by atoms with van der Waals surface area (Å²) in [5, 5.41) is 1.22. The minimum Gasteiger partial charge on any atom is -0.495 e. The average molecular weight is 273 g/mol. The van der Waals surface area contributed by atoms with Crippen molar-refractivity contribution in [3.63, 3.8) is 0 Å². The Kier molecular flexibility index (Phi) is 1.96. The van der Waals surface area contributed by atoms with Gasteiger partial charge in [-0.3, -0.25) is 0 Å². The van der Waals surface area contributed by atoms with Crippen molar-refractivity contribution in [1.29, 1.82) is 0 Å². The minimum atomic E-state index is 0.899. The van der Waals surface area contributed by atoms with Crippen molar-refractivity contribution in [3.05, 3.63) is 28.0 Å². The molecule has 1 N–H and O–H groups in total. The van der Waals surface area contributed by atoms with Gasteiger partial charge in [-0.25, -0.2) is 0 Å². The van der Waals surface area contributed by atoms with E-state index in [1.165, 1.54) is 8.96 Å². The maximum Gasteiger partial charge on any atom is 0.142 e. The molecule has 1 aromatic carbocycles. The lowest BCUT2D eigenvalue weighted by Gasteiger charge is -1.99. The molecule has 0 saturated carbocycles. The second-order valence-corrected chi connectivity index (χ2v) is 3.68. The Morgan fingerprint density at radius 3 is 3.00 bits per heavy atom. The first-order valence-electron chi connectivity index (χ1n) is 3.62. The summed E-state index contributed by atoms with van der Waals surface area (Å²) < 4.78 is 6.43. The first-order chi connectivity index (χ1) is 5.83. The molecule has 0 spiro atoms. The van der Waals surface area contributed by atoms with Crippen LogP contribution in [0.5, 0.6) is 5.75 Å². The van der Waals surface area contributed by atoms with Crippen LogP contribution in [0.3, 0.4) is 0 Å². The van der Waals surface area contributed by atoms with E-state index >= 15 is 0 Å². The molecule has 1 heterocycles. The van der Waals surface area contributed by atoms with Crippen LogP contribution >= 0.6 is 22.6 Å². The molecule has 2 nitrogen and oxygen atoms in total. The van der Waals surface area contributed by atoms with Gasteiger partial charge in [0.05, 0.1) is 12.6 Å². The van der Waals surface area contributed by atoms with Crippen molar-refractivity contribution in [1.82, 2.24) is 4.98 Å². The summed E-state index contributed by atoms with van der Waals surface area (Å²) in [4.78, 5) is 3.17. The van der Waals surface area contributed by atoms with E-state index in [0.29, 0.717) is 0 Å². The van der Waals surface area contributed by atoms with Crippen molar-refractivity contribution in [3.8, 4) is 5.75 Å². The highest BCUT2D eigenvalue weighted by Gasteiger charge is 2.04. The maximum atomic E-state index is 5.21. The number of ether oxygens (including phenoxy) is 1. The molecule has 0 radical (unpaired) electrons. The van der Waals surface area contributed by atoms with Gasteiger partial charge in [0, 0.05) is 15.2 Å². The molecule has 3 heteroatoms. The molecule has 0 aliphatic heterocycles. The Balaban J connectivity index is 2.81. The number of methoxy groups -OCH3 is 1. The molecular formula is C9H8INO. The van der Waals surface area contributed by atoms with Crippen LogP contribution in [0.4, 0.5) is 0 Å². The van der Waals surface area contributed by atoms with Gasteiger partial charge in [-0.05, 0) is 28.7 Å². The van der Waals surface area contributed by atoms with Crippen LogP contribution in [-0.2, 0) is 0 Å². The molecule has 0 bridgehead atoms. The van der Waals surface area contributed by atoms with Crippen LogP contribution in [0.15, 0.2) is 24.4 Å². The number of halogens is 1. The molecule has 0 amide bonds. The Labute approximate surface area is 84.1 Å². The van der Waals surface area contributed by atoms with Gasteiger partial charge in [0.1, 0.15) is 5.75 Å². The number of H-pyrrole nitrogens is 1. The Morgan fingerprint density at radius 2 is 2.25 bits per heavy atom. The highest BCUT2D eigenvalue weighted by Crippen LogP contribution is 2.27. The van der Waals surface area contributed by atoms with Crippen molar-refractivity contribution in [2.24, 2.45) is 0 Å². The third-order valence-electron chi connectivity index (χ3n) is 1.85. The molecule has 0 atom stereocenters. The molecule has 0 aliphatic carbocycles. The largest absolute Gasteiger partial charge is 0.495 e. The van der Waals surface area contributed by atoms with E-state index in [1.54, 1.807) is 7.11 Å². The highest BCUT2D eigenvalue weighted by atomic mass is 127. The summed E-state index contributed by atoms with van der Waals surface area (Å²) in [6, 6.07) is 6.03. The van der Waals surface area contributed by atoms with E-state index in [1.807, 2.05) is 18.3 Å². The normalized spacial score (nSPS) is 10.5. The van der Waals surface area contributed by atoms with E-state index in [0.717, 1.165) is 11.3 Å². The average Bonchev–Trinajstić information content (AvgIpc) is 2.48. The zero-order valence-electron chi connectivity index (χ0n) is 6.60. The van der Waals surface area contributed by atoms with Crippen LogP contribution in [0.25, 0.3) is 10.9 Å². The first kappa shape index (κ1) is 7.91. The molecule has 12 heavy (non-hydrogen) atoms. The van der Waals surface area contributed by atoms with Crippen LogP contribution in [-0.4, -0.2) is 12.1 Å². The highest BCUT2D eigenvalue weighted by molar-refractivity contribution is 14.1. The number of hydrogen-bond donors (Lipinski definition) is 1. The Morgan fingerprint density at radius 1 is 1.42 bits per heavy atom. The maximum absolute atomic E-state index is 5.21. The molecule has 0 saturated heterocycles. The monoisotopic (exact) mass is 273 g/mol. The van der Waals surface area contributed by atoms with E-state index < -0.39 is 0 Å². The van der Waals surface area contributed by atoms with E-state index in [9.17, 15) is 0 Å². The molecule has 0 unspecified atom stereocenters. The number of fused-ring (bicyclic) bond motifs is 1. The number of aromatic amines is 1. The first-order valence-corrected chi connectivity index (χ1v) is 4.70. The summed E-state index contributed by atoms with van der Waals surface area (Å²) >= 11 is 2.30. The number of aromatic nitrogens is 1. The fraction of sp³-hybridized carbons (Fsp3) is 0.111. The zero-order chi connectivity index (χ0) is 8.55. The van der Waals surface area contributed by atoms with E-state index in [4.69, 9.17) is 4.74 Å². The summed E-state index contributed by atoms with van der Waals surface area (Å²) in [6.07, 6.45) is 1.98. The van der Waals surface area contributed by atoms with Gasteiger partial charge < -0.3 is 9.72 Å². The fourth-order valence-corrected chi connectivity index (χ4v) is 1.87. The van der Waals surface area contributed by atoms with Gasteiger partial charge in [-0.2, -0.15) is 0 Å². The number of nitrogens with one attached hydrogen (secondary N) is 1. The van der Waals surface area contributed by atoms with Crippen LogP contribution in [0.1, 0.15) is 0 Å².